The standard InChI is InChI=1S/C11H22ClNO4S2/c1-18(14,15)6-7-19(16,17)13-9-11-5-3-2-4-10(11)8-12/h10-11,13H,2-9H2,1H3. The number of halogens is 1. The van der Waals surface area contributed by atoms with E-state index in [4.69, 9.17) is 11.6 Å². The van der Waals surface area contributed by atoms with Crippen LogP contribution in [0.5, 0.6) is 0 Å². The van der Waals surface area contributed by atoms with Crippen molar-refractivity contribution in [3.8, 4) is 0 Å². The van der Waals surface area contributed by atoms with Crippen molar-refractivity contribution >= 4 is 31.5 Å². The molecule has 0 amide bonds. The largest absolute Gasteiger partial charge is 0.229 e. The summed E-state index contributed by atoms with van der Waals surface area (Å²) in [4.78, 5) is 0. The Morgan fingerprint density at radius 1 is 1.05 bits per heavy atom. The van der Waals surface area contributed by atoms with Crippen LogP contribution in [-0.4, -0.2) is 47.0 Å². The van der Waals surface area contributed by atoms with Crippen molar-refractivity contribution in [3.63, 3.8) is 0 Å². The first-order valence-electron chi connectivity index (χ1n) is 6.44. The summed E-state index contributed by atoms with van der Waals surface area (Å²) >= 11 is 5.89. The zero-order chi connectivity index (χ0) is 14.5. The molecule has 8 heteroatoms. The molecule has 1 saturated carbocycles. The van der Waals surface area contributed by atoms with Gasteiger partial charge in [0, 0.05) is 18.7 Å². The lowest BCUT2D eigenvalue weighted by Gasteiger charge is -2.30. The van der Waals surface area contributed by atoms with Gasteiger partial charge in [-0.1, -0.05) is 12.8 Å². The van der Waals surface area contributed by atoms with Gasteiger partial charge in [-0.05, 0) is 24.7 Å². The number of sulfonamides is 1. The first-order chi connectivity index (χ1) is 8.73. The molecule has 5 nitrogen and oxygen atoms in total. The van der Waals surface area contributed by atoms with Gasteiger partial charge in [-0.25, -0.2) is 21.6 Å². The van der Waals surface area contributed by atoms with Crippen molar-refractivity contribution in [2.45, 2.75) is 25.7 Å². The van der Waals surface area contributed by atoms with Gasteiger partial charge in [0.15, 0.2) is 0 Å². The summed E-state index contributed by atoms with van der Waals surface area (Å²) in [6, 6.07) is 0. The van der Waals surface area contributed by atoms with E-state index in [2.05, 4.69) is 4.72 Å². The van der Waals surface area contributed by atoms with E-state index in [1.165, 1.54) is 0 Å². The second kappa shape index (κ2) is 7.24. The summed E-state index contributed by atoms with van der Waals surface area (Å²) in [6.45, 7) is 0.365. The normalized spacial score (nSPS) is 25.4. The number of alkyl halides is 1. The van der Waals surface area contributed by atoms with Crippen LogP contribution >= 0.6 is 11.6 Å². The maximum absolute atomic E-state index is 11.7. The Balaban J connectivity index is 2.45. The zero-order valence-electron chi connectivity index (χ0n) is 11.1. The van der Waals surface area contributed by atoms with Gasteiger partial charge in [0.2, 0.25) is 10.0 Å². The van der Waals surface area contributed by atoms with Crippen LogP contribution in [-0.2, 0) is 19.9 Å². The van der Waals surface area contributed by atoms with Crippen molar-refractivity contribution in [1.29, 1.82) is 0 Å². The van der Waals surface area contributed by atoms with E-state index in [0.29, 0.717) is 18.3 Å². The first-order valence-corrected chi connectivity index (χ1v) is 10.7. The third-order valence-electron chi connectivity index (χ3n) is 3.55. The molecule has 0 spiro atoms. The van der Waals surface area contributed by atoms with Crippen molar-refractivity contribution in [3.05, 3.63) is 0 Å². The Hall–Kier alpha value is 0.150. The summed E-state index contributed by atoms with van der Waals surface area (Å²) in [6.07, 6.45) is 5.30. The Kier molecular flexibility index (Phi) is 6.56. The number of hydrogen-bond donors (Lipinski definition) is 1. The fraction of sp³-hybridized carbons (Fsp3) is 1.00. The summed E-state index contributed by atoms with van der Waals surface area (Å²) in [5.74, 6) is 0.457. The fourth-order valence-corrected chi connectivity index (χ4v) is 5.43. The van der Waals surface area contributed by atoms with Gasteiger partial charge in [-0.15, -0.1) is 11.6 Å². The molecule has 1 aliphatic rings. The lowest BCUT2D eigenvalue weighted by atomic mass is 9.80. The van der Waals surface area contributed by atoms with Crippen LogP contribution in [0.2, 0.25) is 0 Å². The summed E-state index contributed by atoms with van der Waals surface area (Å²) in [5.41, 5.74) is 0. The van der Waals surface area contributed by atoms with Crippen molar-refractivity contribution < 1.29 is 16.8 Å². The Labute approximate surface area is 121 Å². The maximum Gasteiger partial charge on any atom is 0.212 e. The number of hydrogen-bond acceptors (Lipinski definition) is 4. The van der Waals surface area contributed by atoms with Crippen LogP contribution in [0.15, 0.2) is 0 Å². The van der Waals surface area contributed by atoms with Crippen molar-refractivity contribution in [2.75, 3.05) is 30.2 Å². The Morgan fingerprint density at radius 3 is 2.16 bits per heavy atom. The molecule has 114 valence electrons. The van der Waals surface area contributed by atoms with Gasteiger partial charge in [0.25, 0.3) is 0 Å². The molecule has 1 aliphatic carbocycles. The third kappa shape index (κ3) is 6.92. The molecule has 0 aromatic rings. The summed E-state index contributed by atoms with van der Waals surface area (Å²) in [7, 11) is -6.77. The van der Waals surface area contributed by atoms with Crippen LogP contribution in [0.4, 0.5) is 0 Å². The topological polar surface area (TPSA) is 80.3 Å². The predicted octanol–water partition coefficient (Wildman–Crippen LogP) is 0.996. The Morgan fingerprint density at radius 2 is 1.63 bits per heavy atom. The summed E-state index contributed by atoms with van der Waals surface area (Å²) < 4.78 is 47.9. The second-order valence-corrected chi connectivity index (χ2v) is 9.75. The van der Waals surface area contributed by atoms with Crippen LogP contribution in [0.3, 0.4) is 0 Å². The smallest absolute Gasteiger partial charge is 0.212 e. The molecule has 1 N–H and O–H groups in total. The van der Waals surface area contributed by atoms with E-state index < -0.39 is 19.9 Å². The highest BCUT2D eigenvalue weighted by Crippen LogP contribution is 2.30. The zero-order valence-corrected chi connectivity index (χ0v) is 13.5. The van der Waals surface area contributed by atoms with Crippen LogP contribution in [0.25, 0.3) is 0 Å². The molecule has 1 rings (SSSR count). The molecule has 1 fully saturated rings. The lowest BCUT2D eigenvalue weighted by Crippen LogP contribution is -2.37. The average Bonchev–Trinajstić information content (AvgIpc) is 2.34. The molecule has 0 bridgehead atoms. The predicted molar refractivity (Wildman–Crippen MR) is 77.7 cm³/mol. The minimum atomic E-state index is -3.52. The molecule has 0 aromatic carbocycles. The van der Waals surface area contributed by atoms with Gasteiger partial charge < -0.3 is 0 Å². The fourth-order valence-electron chi connectivity index (χ4n) is 2.32. The van der Waals surface area contributed by atoms with E-state index in [1.54, 1.807) is 0 Å². The van der Waals surface area contributed by atoms with Gasteiger partial charge in [0.05, 0.1) is 11.5 Å². The van der Waals surface area contributed by atoms with Gasteiger partial charge in [0.1, 0.15) is 9.84 Å². The monoisotopic (exact) mass is 331 g/mol. The van der Waals surface area contributed by atoms with E-state index in [9.17, 15) is 16.8 Å². The van der Waals surface area contributed by atoms with E-state index >= 15 is 0 Å². The van der Waals surface area contributed by atoms with Gasteiger partial charge in [-0.2, -0.15) is 0 Å². The molecule has 0 saturated heterocycles. The number of nitrogens with one attached hydrogen (secondary N) is 1. The molecule has 2 atom stereocenters. The Bertz CT molecular complexity index is 475. The molecular weight excluding hydrogens is 310 g/mol. The van der Waals surface area contributed by atoms with Crippen molar-refractivity contribution in [2.24, 2.45) is 11.8 Å². The molecule has 0 heterocycles. The van der Waals surface area contributed by atoms with E-state index in [1.807, 2.05) is 0 Å². The van der Waals surface area contributed by atoms with Crippen LogP contribution in [0, 0.1) is 11.8 Å². The minimum absolute atomic E-state index is 0.263. The quantitative estimate of drug-likeness (QED) is 0.706. The molecule has 0 radical (unpaired) electrons. The molecule has 2 unspecified atom stereocenters. The second-order valence-electron chi connectivity index (χ2n) is 5.26. The summed E-state index contributed by atoms with van der Waals surface area (Å²) in [5, 5.41) is 0. The highest BCUT2D eigenvalue weighted by atomic mass is 35.5. The third-order valence-corrected chi connectivity index (χ3v) is 6.50. The average molecular weight is 332 g/mol. The van der Waals surface area contributed by atoms with Crippen LogP contribution < -0.4 is 4.72 Å². The SMILES string of the molecule is CS(=O)(=O)CCS(=O)(=O)NCC1CCCCC1CCl. The highest BCUT2D eigenvalue weighted by molar-refractivity contribution is 7.93. The lowest BCUT2D eigenvalue weighted by molar-refractivity contribution is 0.260. The first kappa shape index (κ1) is 17.2. The van der Waals surface area contributed by atoms with Gasteiger partial charge in [-0.3, -0.25) is 0 Å². The number of rotatable bonds is 7. The van der Waals surface area contributed by atoms with Crippen molar-refractivity contribution in [1.82, 2.24) is 4.72 Å². The van der Waals surface area contributed by atoms with E-state index in [0.717, 1.165) is 31.9 Å². The maximum atomic E-state index is 11.7. The molecule has 0 aromatic heterocycles. The van der Waals surface area contributed by atoms with Crippen LogP contribution in [0.1, 0.15) is 25.7 Å². The highest BCUT2D eigenvalue weighted by Gasteiger charge is 2.25. The molecular formula is C11H22ClNO4S2. The van der Waals surface area contributed by atoms with E-state index in [-0.39, 0.29) is 17.4 Å². The minimum Gasteiger partial charge on any atom is -0.229 e. The molecule has 0 aliphatic heterocycles. The number of sulfone groups is 1. The van der Waals surface area contributed by atoms with Gasteiger partial charge >= 0.3 is 0 Å². The molecule has 19 heavy (non-hydrogen) atoms.